The number of hydrogen-bond acceptors (Lipinski definition) is 3. The average Bonchev–Trinajstić information content (AvgIpc) is 2.93. The number of nitrogens with one attached hydrogen (secondary N) is 1. The van der Waals surface area contributed by atoms with Gasteiger partial charge in [0.25, 0.3) is 0 Å². The third-order valence-electron chi connectivity index (χ3n) is 3.24. The second-order valence-electron chi connectivity index (χ2n) is 5.17. The Hall–Kier alpha value is -1.82. The van der Waals surface area contributed by atoms with Gasteiger partial charge in [-0.25, -0.2) is 0 Å². The fraction of sp³-hybridized carbons (Fsp3) is 0.176. The molecule has 1 heterocycles. The number of thiophene rings is 1. The van der Waals surface area contributed by atoms with E-state index >= 15 is 0 Å². The lowest BCUT2D eigenvalue weighted by molar-refractivity contribution is -0.129. The van der Waals surface area contributed by atoms with Gasteiger partial charge in [0.15, 0.2) is 0 Å². The van der Waals surface area contributed by atoms with E-state index in [1.165, 1.54) is 11.0 Å². The summed E-state index contributed by atoms with van der Waals surface area (Å²) >= 11 is 13.3. The lowest BCUT2D eigenvalue weighted by atomic mass is 10.2. The first-order chi connectivity index (χ1) is 11.4. The zero-order valence-electron chi connectivity index (χ0n) is 13.2. The number of carbonyl (C=O) groups is 2. The summed E-state index contributed by atoms with van der Waals surface area (Å²) in [5.41, 5.74) is 1.64. The summed E-state index contributed by atoms with van der Waals surface area (Å²) in [4.78, 5) is 26.4. The molecule has 0 saturated heterocycles. The van der Waals surface area contributed by atoms with Crippen LogP contribution in [-0.2, 0) is 9.59 Å². The zero-order valence-corrected chi connectivity index (χ0v) is 15.5. The van der Waals surface area contributed by atoms with Crippen molar-refractivity contribution in [3.63, 3.8) is 0 Å². The number of halogens is 2. The van der Waals surface area contributed by atoms with Crippen LogP contribution in [0.2, 0.25) is 10.0 Å². The van der Waals surface area contributed by atoms with Crippen LogP contribution in [0.3, 0.4) is 0 Å². The highest BCUT2D eigenvalue weighted by Crippen LogP contribution is 2.25. The van der Waals surface area contributed by atoms with E-state index in [0.29, 0.717) is 15.7 Å². The maximum atomic E-state index is 12.1. The van der Waals surface area contributed by atoms with E-state index in [1.807, 2.05) is 18.4 Å². The number of hydrogen-bond donors (Lipinski definition) is 1. The van der Waals surface area contributed by atoms with E-state index in [4.69, 9.17) is 23.2 Å². The van der Waals surface area contributed by atoms with Crippen LogP contribution >= 0.6 is 34.5 Å². The normalized spacial score (nSPS) is 10.8. The Bertz CT molecular complexity index is 787. The van der Waals surface area contributed by atoms with Crippen LogP contribution in [0.25, 0.3) is 6.08 Å². The van der Waals surface area contributed by atoms with Crippen LogP contribution in [-0.4, -0.2) is 30.3 Å². The van der Waals surface area contributed by atoms with E-state index in [2.05, 4.69) is 5.32 Å². The Balaban J connectivity index is 1.90. The molecule has 7 heteroatoms. The Morgan fingerprint density at radius 1 is 1.25 bits per heavy atom. The summed E-state index contributed by atoms with van der Waals surface area (Å²) in [5, 5.41) is 5.41. The molecule has 0 unspecified atom stereocenters. The van der Waals surface area contributed by atoms with Crippen molar-refractivity contribution in [3.05, 3.63) is 56.2 Å². The third kappa shape index (κ3) is 5.09. The Morgan fingerprint density at radius 2 is 2.00 bits per heavy atom. The smallest absolute Gasteiger partial charge is 0.246 e. The predicted octanol–water partition coefficient (Wildman–Crippen LogP) is 4.47. The van der Waals surface area contributed by atoms with E-state index in [0.717, 1.165) is 10.4 Å². The monoisotopic (exact) mass is 382 g/mol. The van der Waals surface area contributed by atoms with Gasteiger partial charge in [-0.15, -0.1) is 11.3 Å². The number of nitrogens with zero attached hydrogens (tertiary/aromatic N) is 1. The highest BCUT2D eigenvalue weighted by molar-refractivity contribution is 7.11. The van der Waals surface area contributed by atoms with E-state index in [9.17, 15) is 9.59 Å². The lowest BCUT2D eigenvalue weighted by Gasteiger charge is -2.15. The van der Waals surface area contributed by atoms with E-state index in [-0.39, 0.29) is 18.4 Å². The second kappa shape index (κ2) is 8.33. The fourth-order valence-electron chi connectivity index (χ4n) is 1.90. The molecule has 2 amide bonds. The van der Waals surface area contributed by atoms with Crippen LogP contribution in [0.5, 0.6) is 0 Å². The first-order valence-corrected chi connectivity index (χ1v) is 8.72. The van der Waals surface area contributed by atoms with Gasteiger partial charge in [-0.05, 0) is 48.2 Å². The molecule has 126 valence electrons. The van der Waals surface area contributed by atoms with Crippen molar-refractivity contribution < 1.29 is 9.59 Å². The molecule has 2 aromatic rings. The summed E-state index contributed by atoms with van der Waals surface area (Å²) < 4.78 is 0. The number of benzene rings is 1. The fourth-order valence-corrected chi connectivity index (χ4v) is 3.01. The summed E-state index contributed by atoms with van der Waals surface area (Å²) in [6, 6.07) is 6.79. The Kier molecular flexibility index (Phi) is 6.43. The first kappa shape index (κ1) is 18.5. The first-order valence-electron chi connectivity index (χ1n) is 7.09. The lowest BCUT2D eigenvalue weighted by Crippen LogP contribution is -2.33. The van der Waals surface area contributed by atoms with Gasteiger partial charge in [0.2, 0.25) is 11.8 Å². The quantitative estimate of drug-likeness (QED) is 0.775. The molecule has 0 radical (unpaired) electrons. The molecule has 0 aliphatic carbocycles. The molecule has 1 aromatic carbocycles. The topological polar surface area (TPSA) is 49.4 Å². The maximum Gasteiger partial charge on any atom is 0.246 e. The molecular formula is C17H16Cl2N2O2S. The van der Waals surface area contributed by atoms with Crippen molar-refractivity contribution in [1.82, 2.24) is 4.90 Å². The molecule has 24 heavy (non-hydrogen) atoms. The van der Waals surface area contributed by atoms with Crippen molar-refractivity contribution >= 4 is 58.1 Å². The summed E-state index contributed by atoms with van der Waals surface area (Å²) in [6.45, 7) is 1.92. The second-order valence-corrected chi connectivity index (χ2v) is 6.93. The third-order valence-corrected chi connectivity index (χ3v) is 4.96. The molecular weight excluding hydrogens is 367 g/mol. The van der Waals surface area contributed by atoms with E-state index in [1.54, 1.807) is 42.7 Å². The van der Waals surface area contributed by atoms with Gasteiger partial charge in [0.1, 0.15) is 0 Å². The largest absolute Gasteiger partial charge is 0.333 e. The van der Waals surface area contributed by atoms with Gasteiger partial charge in [0, 0.05) is 23.7 Å². The van der Waals surface area contributed by atoms with Crippen LogP contribution in [0.15, 0.2) is 35.7 Å². The molecule has 0 spiro atoms. The van der Waals surface area contributed by atoms with Crippen LogP contribution in [0, 0.1) is 6.92 Å². The zero-order chi connectivity index (χ0) is 17.7. The Labute approximate surface area is 154 Å². The standard InChI is InChI=1S/C17H16Cl2N2O2S/c1-11-7-8-24-15(11)5-6-17(23)21(2)10-16(22)20-12-3-4-13(18)14(19)9-12/h3-9H,10H2,1-2H3,(H,20,22)/b6-5+. The molecule has 4 nitrogen and oxygen atoms in total. The molecule has 2 rings (SSSR count). The Morgan fingerprint density at radius 3 is 2.62 bits per heavy atom. The molecule has 0 fully saturated rings. The van der Waals surface area contributed by atoms with Crippen LogP contribution in [0.1, 0.15) is 10.4 Å². The minimum absolute atomic E-state index is 0.0627. The molecule has 0 aliphatic rings. The number of anilines is 1. The summed E-state index contributed by atoms with van der Waals surface area (Å²) in [5.74, 6) is -0.558. The predicted molar refractivity (Wildman–Crippen MR) is 101 cm³/mol. The van der Waals surface area contributed by atoms with E-state index < -0.39 is 0 Å². The number of amides is 2. The van der Waals surface area contributed by atoms with Crippen molar-refractivity contribution in [2.24, 2.45) is 0 Å². The molecule has 1 N–H and O–H groups in total. The SMILES string of the molecule is Cc1ccsc1/C=C/C(=O)N(C)CC(=O)Nc1ccc(Cl)c(Cl)c1. The molecule has 0 aliphatic heterocycles. The van der Waals surface area contributed by atoms with Gasteiger partial charge in [-0.2, -0.15) is 0 Å². The van der Waals surface area contributed by atoms with Crippen molar-refractivity contribution in [1.29, 1.82) is 0 Å². The van der Waals surface area contributed by atoms with Gasteiger partial charge in [-0.3, -0.25) is 9.59 Å². The minimum Gasteiger partial charge on any atom is -0.333 e. The van der Waals surface area contributed by atoms with Crippen molar-refractivity contribution in [3.8, 4) is 0 Å². The van der Waals surface area contributed by atoms with Crippen LogP contribution in [0.4, 0.5) is 5.69 Å². The highest BCUT2D eigenvalue weighted by Gasteiger charge is 2.11. The molecule has 0 saturated carbocycles. The average molecular weight is 383 g/mol. The maximum absolute atomic E-state index is 12.1. The van der Waals surface area contributed by atoms with Crippen molar-refractivity contribution in [2.45, 2.75) is 6.92 Å². The van der Waals surface area contributed by atoms with Gasteiger partial charge < -0.3 is 10.2 Å². The highest BCUT2D eigenvalue weighted by atomic mass is 35.5. The minimum atomic E-state index is -0.315. The number of rotatable bonds is 5. The molecule has 0 bridgehead atoms. The molecule has 0 atom stereocenters. The summed E-state index contributed by atoms with van der Waals surface area (Å²) in [6.07, 6.45) is 3.22. The van der Waals surface area contributed by atoms with Gasteiger partial charge >= 0.3 is 0 Å². The van der Waals surface area contributed by atoms with Crippen molar-refractivity contribution in [2.75, 3.05) is 18.9 Å². The van der Waals surface area contributed by atoms with Gasteiger partial charge in [0.05, 0.1) is 16.6 Å². The number of aryl methyl sites for hydroxylation is 1. The van der Waals surface area contributed by atoms with Gasteiger partial charge in [-0.1, -0.05) is 23.2 Å². The molecule has 1 aromatic heterocycles. The number of carbonyl (C=O) groups excluding carboxylic acids is 2. The number of likely N-dealkylation sites (N-methyl/N-ethyl adjacent to an activating group) is 1. The summed E-state index contributed by atoms with van der Waals surface area (Å²) in [7, 11) is 1.57. The van der Waals surface area contributed by atoms with Crippen LogP contribution < -0.4 is 5.32 Å².